The maximum absolute atomic E-state index is 11.2. The number of hydrogen-bond acceptors (Lipinski definition) is 2. The summed E-state index contributed by atoms with van der Waals surface area (Å²) in [6.07, 6.45) is 3.84. The van der Waals surface area contributed by atoms with E-state index < -0.39 is 10.0 Å². The zero-order valence-electron chi connectivity index (χ0n) is 8.42. The largest absolute Gasteiger partial charge is 0.497 e. The Balaban J connectivity index is 2.48. The van der Waals surface area contributed by atoms with Gasteiger partial charge >= 0.3 is 0 Å². The van der Waals surface area contributed by atoms with Gasteiger partial charge in [0.25, 0.3) is 0 Å². The van der Waals surface area contributed by atoms with Gasteiger partial charge in [0.1, 0.15) is 5.75 Å². The van der Waals surface area contributed by atoms with Crippen molar-refractivity contribution in [1.82, 2.24) is 0 Å². The molecule has 2 rings (SSSR count). The quantitative estimate of drug-likeness (QED) is 0.732. The van der Waals surface area contributed by atoms with Crippen molar-refractivity contribution in [3.8, 4) is 5.75 Å². The normalized spacial score (nSPS) is 18.7. The smallest absolute Gasteiger partial charge is 0.170 e. The van der Waals surface area contributed by atoms with Crippen molar-refractivity contribution in [3.63, 3.8) is 0 Å². The first-order valence-electron chi connectivity index (χ1n) is 4.58. The molecule has 0 saturated carbocycles. The van der Waals surface area contributed by atoms with E-state index in [4.69, 9.17) is 4.74 Å². The molecule has 0 spiro atoms. The van der Waals surface area contributed by atoms with Gasteiger partial charge in [0, 0.05) is 4.90 Å². The van der Waals surface area contributed by atoms with E-state index in [9.17, 15) is 4.79 Å². The summed E-state index contributed by atoms with van der Waals surface area (Å²) >= 11 is 0. The molecule has 0 radical (unpaired) electrons. The van der Waals surface area contributed by atoms with Crippen LogP contribution in [0.2, 0.25) is 0 Å². The standard InChI is InChI=1S/C12H12O2S/c1-14-11-5-4-6-12(9-11)15(10-13)7-2-3-8-15/h2-10H,1H3. The van der Waals surface area contributed by atoms with Crippen molar-refractivity contribution < 1.29 is 9.53 Å². The van der Waals surface area contributed by atoms with Crippen molar-refractivity contribution in [3.05, 3.63) is 47.2 Å². The fraction of sp³-hybridized carbons (Fsp3) is 0.0833. The predicted molar refractivity (Wildman–Crippen MR) is 63.9 cm³/mol. The number of ether oxygens (including phenoxy) is 1. The number of benzene rings is 1. The van der Waals surface area contributed by atoms with Crippen LogP contribution in [-0.4, -0.2) is 12.7 Å². The number of hydrogen-bond donors (Lipinski definition) is 0. The van der Waals surface area contributed by atoms with Crippen LogP contribution < -0.4 is 4.74 Å². The van der Waals surface area contributed by atoms with Crippen LogP contribution in [0.5, 0.6) is 5.75 Å². The van der Waals surface area contributed by atoms with Crippen LogP contribution in [0, 0.1) is 0 Å². The lowest BCUT2D eigenvalue weighted by Crippen LogP contribution is -1.94. The summed E-state index contributed by atoms with van der Waals surface area (Å²) in [6, 6.07) is 7.67. The van der Waals surface area contributed by atoms with Gasteiger partial charge in [-0.1, -0.05) is 18.2 Å². The monoisotopic (exact) mass is 220 g/mol. The van der Waals surface area contributed by atoms with Crippen molar-refractivity contribution >= 4 is 15.6 Å². The molecule has 15 heavy (non-hydrogen) atoms. The Morgan fingerprint density at radius 3 is 2.60 bits per heavy atom. The van der Waals surface area contributed by atoms with E-state index in [1.165, 1.54) is 0 Å². The van der Waals surface area contributed by atoms with E-state index in [1.54, 1.807) is 7.11 Å². The molecular formula is C12H12O2S. The molecule has 0 saturated heterocycles. The number of carbonyl (C=O) groups is 1. The topological polar surface area (TPSA) is 26.3 Å². The van der Waals surface area contributed by atoms with Crippen LogP contribution in [0.25, 0.3) is 0 Å². The summed E-state index contributed by atoms with van der Waals surface area (Å²) in [5.41, 5.74) is 1.03. The molecule has 1 aromatic carbocycles. The Morgan fingerprint density at radius 2 is 2.00 bits per heavy atom. The molecule has 0 unspecified atom stereocenters. The Kier molecular flexibility index (Phi) is 2.64. The molecule has 1 heterocycles. The minimum atomic E-state index is -1.53. The number of carbonyl (C=O) groups excluding carboxylic acids is 1. The summed E-state index contributed by atoms with van der Waals surface area (Å²) < 4.78 is 5.15. The first kappa shape index (κ1) is 10.1. The second kappa shape index (κ2) is 3.95. The molecule has 0 aliphatic carbocycles. The number of rotatable bonds is 3. The van der Waals surface area contributed by atoms with Crippen molar-refractivity contribution in [2.24, 2.45) is 0 Å². The number of methoxy groups -OCH3 is 1. The lowest BCUT2D eigenvalue weighted by atomic mass is 10.3. The Hall–Kier alpha value is -1.48. The van der Waals surface area contributed by atoms with Crippen LogP contribution in [0.1, 0.15) is 0 Å². The summed E-state index contributed by atoms with van der Waals surface area (Å²) in [7, 11) is 0.0953. The summed E-state index contributed by atoms with van der Waals surface area (Å²) in [5, 5.41) is 3.93. The van der Waals surface area contributed by atoms with Crippen LogP contribution in [0.15, 0.2) is 52.1 Å². The SMILES string of the molecule is COc1cccc(S2(C=O)C=CC=C2)c1. The molecule has 0 atom stereocenters. The molecule has 2 nitrogen and oxygen atoms in total. The molecule has 0 bridgehead atoms. The molecule has 1 aromatic rings. The first-order valence-corrected chi connectivity index (χ1v) is 6.40. The molecule has 0 fully saturated rings. The maximum atomic E-state index is 11.2. The average Bonchev–Trinajstić information content (AvgIpc) is 2.79. The van der Waals surface area contributed by atoms with Crippen molar-refractivity contribution in [1.29, 1.82) is 0 Å². The Bertz CT molecular complexity index is 423. The summed E-state index contributed by atoms with van der Waals surface area (Å²) in [6.45, 7) is 0. The third kappa shape index (κ3) is 1.70. The molecule has 0 N–H and O–H groups in total. The number of allylic oxidation sites excluding steroid dienone is 2. The van der Waals surface area contributed by atoms with E-state index >= 15 is 0 Å². The van der Waals surface area contributed by atoms with Gasteiger partial charge in [-0.2, -0.15) is 0 Å². The molecule has 1 aliphatic heterocycles. The molecule has 1 aliphatic rings. The highest BCUT2D eigenvalue weighted by Crippen LogP contribution is 2.58. The van der Waals surface area contributed by atoms with Crippen LogP contribution in [0.3, 0.4) is 0 Å². The molecule has 0 amide bonds. The van der Waals surface area contributed by atoms with E-state index in [2.05, 4.69) is 0 Å². The minimum Gasteiger partial charge on any atom is -0.497 e. The van der Waals surface area contributed by atoms with Gasteiger partial charge in [0.05, 0.1) is 7.11 Å². The average molecular weight is 220 g/mol. The molecule has 3 heteroatoms. The van der Waals surface area contributed by atoms with E-state index in [-0.39, 0.29) is 0 Å². The van der Waals surface area contributed by atoms with E-state index in [1.807, 2.05) is 47.2 Å². The molecule has 78 valence electrons. The van der Waals surface area contributed by atoms with Gasteiger partial charge in [-0.05, 0) is 29.0 Å². The maximum Gasteiger partial charge on any atom is 0.170 e. The fourth-order valence-corrected chi connectivity index (χ4v) is 3.47. The van der Waals surface area contributed by atoms with E-state index in [0.29, 0.717) is 0 Å². The highest BCUT2D eigenvalue weighted by molar-refractivity contribution is 8.48. The Morgan fingerprint density at radius 1 is 1.27 bits per heavy atom. The Labute approximate surface area is 90.6 Å². The highest BCUT2D eigenvalue weighted by atomic mass is 32.3. The van der Waals surface area contributed by atoms with Crippen molar-refractivity contribution in [2.45, 2.75) is 4.90 Å². The lowest BCUT2D eigenvalue weighted by molar-refractivity contribution is 0.413. The van der Waals surface area contributed by atoms with Gasteiger partial charge < -0.3 is 4.74 Å². The zero-order valence-corrected chi connectivity index (χ0v) is 9.24. The van der Waals surface area contributed by atoms with Crippen LogP contribution in [-0.2, 0) is 4.79 Å². The third-order valence-corrected chi connectivity index (χ3v) is 4.93. The fourth-order valence-electron chi connectivity index (χ4n) is 1.49. The lowest BCUT2D eigenvalue weighted by Gasteiger charge is -2.24. The zero-order chi connectivity index (χ0) is 10.7. The summed E-state index contributed by atoms with van der Waals surface area (Å²) in [5.74, 6) is 0.787. The van der Waals surface area contributed by atoms with Gasteiger partial charge in [-0.3, -0.25) is 4.79 Å². The van der Waals surface area contributed by atoms with Gasteiger partial charge in [-0.15, -0.1) is 10.0 Å². The first-order chi connectivity index (χ1) is 7.30. The minimum absolute atomic E-state index is 0.787. The van der Waals surface area contributed by atoms with E-state index in [0.717, 1.165) is 16.3 Å². The second-order valence-electron chi connectivity index (χ2n) is 3.19. The summed E-state index contributed by atoms with van der Waals surface area (Å²) in [4.78, 5) is 12.2. The van der Waals surface area contributed by atoms with Gasteiger partial charge in [-0.25, -0.2) is 0 Å². The van der Waals surface area contributed by atoms with Crippen molar-refractivity contribution in [2.75, 3.05) is 7.11 Å². The van der Waals surface area contributed by atoms with Crippen LogP contribution >= 0.6 is 10.0 Å². The highest BCUT2D eigenvalue weighted by Gasteiger charge is 2.22. The van der Waals surface area contributed by atoms with Gasteiger partial charge in [0.15, 0.2) is 5.62 Å². The molecule has 0 aromatic heterocycles. The predicted octanol–water partition coefficient (Wildman–Crippen LogP) is 3.09. The van der Waals surface area contributed by atoms with Gasteiger partial charge in [0.2, 0.25) is 0 Å². The van der Waals surface area contributed by atoms with Crippen LogP contribution in [0.4, 0.5) is 0 Å². The second-order valence-corrected chi connectivity index (χ2v) is 5.93. The molecular weight excluding hydrogens is 208 g/mol. The third-order valence-electron chi connectivity index (χ3n) is 2.33.